The second kappa shape index (κ2) is 7.86. The molecule has 0 amide bonds. The summed E-state index contributed by atoms with van der Waals surface area (Å²) < 4.78 is 2.22. The first kappa shape index (κ1) is 18.4. The van der Waals surface area contributed by atoms with Gasteiger partial charge in [-0.3, -0.25) is 0 Å². The van der Waals surface area contributed by atoms with Crippen LogP contribution in [0.15, 0.2) is 24.5 Å². The average molecular weight is 357 g/mol. The van der Waals surface area contributed by atoms with E-state index in [0.717, 1.165) is 50.5 Å². The van der Waals surface area contributed by atoms with Crippen LogP contribution in [0.25, 0.3) is 0 Å². The zero-order valence-corrected chi connectivity index (χ0v) is 15.7. The van der Waals surface area contributed by atoms with Crippen molar-refractivity contribution >= 4 is 11.8 Å². The first-order valence-corrected chi connectivity index (χ1v) is 9.07. The number of carbonyl (C=O) groups is 1. The number of aromatic nitrogens is 3. The lowest BCUT2D eigenvalue weighted by Crippen LogP contribution is -2.37. The fourth-order valence-corrected chi connectivity index (χ4v) is 3.51. The van der Waals surface area contributed by atoms with Gasteiger partial charge < -0.3 is 19.5 Å². The Morgan fingerprint density at radius 2 is 2.19 bits per heavy atom. The molecule has 1 fully saturated rings. The molecule has 26 heavy (non-hydrogen) atoms. The first-order valence-electron chi connectivity index (χ1n) is 9.07. The minimum absolute atomic E-state index is 0.271. The molecule has 3 heterocycles. The highest BCUT2D eigenvalue weighted by molar-refractivity contribution is 5.93. The number of aromatic carboxylic acids is 1. The summed E-state index contributed by atoms with van der Waals surface area (Å²) in [7, 11) is 4.13. The smallest absolute Gasteiger partial charge is 0.339 e. The number of rotatable bonds is 6. The maximum absolute atomic E-state index is 11.6. The number of hydrogen-bond acceptors (Lipinski definition) is 5. The lowest BCUT2D eigenvalue weighted by molar-refractivity contribution is 0.0697. The molecule has 3 rings (SSSR count). The van der Waals surface area contributed by atoms with Crippen LogP contribution in [0.1, 0.15) is 40.6 Å². The third-order valence-corrected chi connectivity index (χ3v) is 4.87. The SMILES string of the molecule is Cc1ccc(C(=O)O)c(N2CCC[C@H](c3nccn3CCN(C)C)C2)n1. The fourth-order valence-electron chi connectivity index (χ4n) is 3.51. The quantitative estimate of drug-likeness (QED) is 0.855. The summed E-state index contributed by atoms with van der Waals surface area (Å²) in [5.41, 5.74) is 1.10. The van der Waals surface area contributed by atoms with E-state index in [1.165, 1.54) is 0 Å². The van der Waals surface area contributed by atoms with Crippen LogP contribution in [0.3, 0.4) is 0 Å². The number of imidazole rings is 1. The number of carboxylic acids is 1. The highest BCUT2D eigenvalue weighted by Gasteiger charge is 2.28. The van der Waals surface area contributed by atoms with E-state index in [2.05, 4.69) is 38.4 Å². The van der Waals surface area contributed by atoms with Crippen molar-refractivity contribution in [3.63, 3.8) is 0 Å². The summed E-state index contributed by atoms with van der Waals surface area (Å²) in [4.78, 5) is 25.0. The largest absolute Gasteiger partial charge is 0.478 e. The number of pyridine rings is 1. The van der Waals surface area contributed by atoms with Crippen LogP contribution in [0.2, 0.25) is 0 Å². The summed E-state index contributed by atoms with van der Waals surface area (Å²) in [6, 6.07) is 3.41. The van der Waals surface area contributed by atoms with Gasteiger partial charge in [-0.15, -0.1) is 0 Å². The van der Waals surface area contributed by atoms with E-state index in [9.17, 15) is 9.90 Å². The molecule has 0 unspecified atom stereocenters. The number of piperidine rings is 1. The third kappa shape index (κ3) is 4.04. The van der Waals surface area contributed by atoms with Crippen LogP contribution in [0.4, 0.5) is 5.82 Å². The van der Waals surface area contributed by atoms with Crippen molar-refractivity contribution in [1.29, 1.82) is 0 Å². The molecule has 1 aliphatic rings. The highest BCUT2D eigenvalue weighted by Crippen LogP contribution is 2.30. The molecule has 0 aliphatic carbocycles. The molecular formula is C19H27N5O2. The van der Waals surface area contributed by atoms with Gasteiger partial charge in [0.15, 0.2) is 0 Å². The number of aryl methyl sites for hydroxylation is 1. The van der Waals surface area contributed by atoms with Crippen molar-refractivity contribution in [2.75, 3.05) is 38.6 Å². The highest BCUT2D eigenvalue weighted by atomic mass is 16.4. The molecule has 0 radical (unpaired) electrons. The Bertz CT molecular complexity index is 771. The molecule has 7 heteroatoms. The lowest BCUT2D eigenvalue weighted by atomic mass is 9.96. The summed E-state index contributed by atoms with van der Waals surface area (Å²) in [5.74, 6) is 1.02. The van der Waals surface area contributed by atoms with Crippen LogP contribution in [-0.2, 0) is 6.54 Å². The van der Waals surface area contributed by atoms with E-state index in [4.69, 9.17) is 0 Å². The molecule has 1 atom stereocenters. The monoisotopic (exact) mass is 357 g/mol. The Hall–Kier alpha value is -2.41. The zero-order valence-electron chi connectivity index (χ0n) is 15.7. The van der Waals surface area contributed by atoms with Crippen LogP contribution >= 0.6 is 0 Å². The predicted molar refractivity (Wildman–Crippen MR) is 101 cm³/mol. The van der Waals surface area contributed by atoms with Crippen LogP contribution in [-0.4, -0.2) is 64.2 Å². The van der Waals surface area contributed by atoms with E-state index < -0.39 is 5.97 Å². The molecule has 2 aromatic heterocycles. The molecule has 2 aromatic rings. The predicted octanol–water partition coefficient (Wildman–Crippen LogP) is 2.23. The molecular weight excluding hydrogens is 330 g/mol. The molecule has 1 saturated heterocycles. The van der Waals surface area contributed by atoms with Crippen molar-refractivity contribution in [3.05, 3.63) is 41.6 Å². The van der Waals surface area contributed by atoms with Crippen molar-refractivity contribution in [1.82, 2.24) is 19.4 Å². The summed E-state index contributed by atoms with van der Waals surface area (Å²) in [5, 5.41) is 9.52. The summed E-state index contributed by atoms with van der Waals surface area (Å²) in [6.07, 6.45) is 5.95. The lowest BCUT2D eigenvalue weighted by Gasteiger charge is -2.34. The molecule has 0 aromatic carbocycles. The molecule has 1 aliphatic heterocycles. The van der Waals surface area contributed by atoms with Gasteiger partial charge in [-0.05, 0) is 46.0 Å². The number of hydrogen-bond donors (Lipinski definition) is 1. The Morgan fingerprint density at radius 3 is 2.92 bits per heavy atom. The molecule has 0 bridgehead atoms. The third-order valence-electron chi connectivity index (χ3n) is 4.87. The molecule has 0 spiro atoms. The van der Waals surface area contributed by atoms with Crippen molar-refractivity contribution in [3.8, 4) is 0 Å². The number of nitrogens with zero attached hydrogens (tertiary/aromatic N) is 5. The van der Waals surface area contributed by atoms with E-state index in [1.807, 2.05) is 19.3 Å². The molecule has 0 saturated carbocycles. The van der Waals surface area contributed by atoms with Crippen molar-refractivity contribution in [2.24, 2.45) is 0 Å². The summed E-state index contributed by atoms with van der Waals surface area (Å²) >= 11 is 0. The second-order valence-electron chi connectivity index (χ2n) is 7.20. The van der Waals surface area contributed by atoms with Gasteiger partial charge in [0.2, 0.25) is 0 Å². The van der Waals surface area contributed by atoms with E-state index in [-0.39, 0.29) is 11.5 Å². The minimum atomic E-state index is -0.929. The first-order chi connectivity index (χ1) is 12.5. The van der Waals surface area contributed by atoms with Crippen LogP contribution in [0.5, 0.6) is 0 Å². The van der Waals surface area contributed by atoms with E-state index in [0.29, 0.717) is 5.82 Å². The Balaban J connectivity index is 1.82. The van der Waals surface area contributed by atoms with Gasteiger partial charge in [-0.2, -0.15) is 0 Å². The Labute approximate surface area is 154 Å². The maximum Gasteiger partial charge on any atom is 0.339 e. The standard InChI is InChI=1S/C19H27N5O2/c1-14-6-7-16(19(25)26)18(21-14)24-9-4-5-15(13-24)17-20-8-10-23(17)12-11-22(2)3/h6-8,10,15H,4-5,9,11-13H2,1-3H3,(H,25,26)/t15-/m0/s1. The van der Waals surface area contributed by atoms with Crippen LogP contribution in [0, 0.1) is 6.92 Å². The zero-order chi connectivity index (χ0) is 18.7. The van der Waals surface area contributed by atoms with Gasteiger partial charge in [-0.25, -0.2) is 14.8 Å². The topological polar surface area (TPSA) is 74.5 Å². The fraction of sp³-hybridized carbons (Fsp3) is 0.526. The number of likely N-dealkylation sites (N-methyl/N-ethyl adjacent to an activating group) is 1. The van der Waals surface area contributed by atoms with Gasteiger partial charge in [0.25, 0.3) is 0 Å². The number of anilines is 1. The molecule has 1 N–H and O–H groups in total. The number of carboxylic acid groups (broad SMARTS) is 1. The Kier molecular flexibility index (Phi) is 5.56. The van der Waals surface area contributed by atoms with E-state index in [1.54, 1.807) is 12.1 Å². The summed E-state index contributed by atoms with van der Waals surface area (Å²) in [6.45, 7) is 5.33. The van der Waals surface area contributed by atoms with Gasteiger partial charge in [0, 0.05) is 50.2 Å². The normalized spacial score (nSPS) is 17.7. The van der Waals surface area contributed by atoms with E-state index >= 15 is 0 Å². The van der Waals surface area contributed by atoms with Gasteiger partial charge in [0.1, 0.15) is 17.2 Å². The Morgan fingerprint density at radius 1 is 1.38 bits per heavy atom. The van der Waals surface area contributed by atoms with Gasteiger partial charge in [-0.1, -0.05) is 0 Å². The maximum atomic E-state index is 11.6. The van der Waals surface area contributed by atoms with Gasteiger partial charge in [0.05, 0.1) is 0 Å². The average Bonchev–Trinajstić information content (AvgIpc) is 3.08. The van der Waals surface area contributed by atoms with Crippen LogP contribution < -0.4 is 4.90 Å². The molecule has 7 nitrogen and oxygen atoms in total. The van der Waals surface area contributed by atoms with Crippen molar-refractivity contribution < 1.29 is 9.90 Å². The van der Waals surface area contributed by atoms with Crippen molar-refractivity contribution in [2.45, 2.75) is 32.2 Å². The molecule has 140 valence electrons. The second-order valence-corrected chi connectivity index (χ2v) is 7.20. The minimum Gasteiger partial charge on any atom is -0.478 e. The van der Waals surface area contributed by atoms with Gasteiger partial charge >= 0.3 is 5.97 Å².